The van der Waals surface area contributed by atoms with Crippen molar-refractivity contribution in [3.63, 3.8) is 0 Å². The summed E-state index contributed by atoms with van der Waals surface area (Å²) in [6, 6.07) is 6.07. The first-order valence-corrected chi connectivity index (χ1v) is 6.95. The molecule has 0 radical (unpaired) electrons. The number of oxazole rings is 1. The summed E-state index contributed by atoms with van der Waals surface area (Å²) < 4.78 is 16.1. The van der Waals surface area contributed by atoms with Gasteiger partial charge in [0.25, 0.3) is 0 Å². The molecule has 1 aromatic heterocycles. The molecule has 21 heavy (non-hydrogen) atoms. The van der Waals surface area contributed by atoms with Crippen molar-refractivity contribution in [3.05, 3.63) is 41.6 Å². The topological polar surface area (TPSA) is 56.5 Å². The van der Waals surface area contributed by atoms with Crippen molar-refractivity contribution in [2.24, 2.45) is 0 Å². The summed E-state index contributed by atoms with van der Waals surface area (Å²) in [5.41, 5.74) is 1.11. The molecule has 0 aliphatic rings. The summed E-state index contributed by atoms with van der Waals surface area (Å²) in [5, 5.41) is 3.46. The molecule has 5 nitrogen and oxygen atoms in total. The molecule has 1 aromatic carbocycles. The number of nitrogens with one attached hydrogen (secondary N) is 1. The van der Waals surface area contributed by atoms with E-state index < -0.39 is 0 Å². The van der Waals surface area contributed by atoms with Crippen LogP contribution < -0.4 is 14.8 Å². The molecule has 2 rings (SSSR count). The van der Waals surface area contributed by atoms with Crippen LogP contribution in [0, 0.1) is 6.92 Å². The highest BCUT2D eigenvalue weighted by molar-refractivity contribution is 5.43. The molecule has 0 amide bonds. The number of aryl methyl sites for hydroxylation is 1. The maximum Gasteiger partial charge on any atom is 0.211 e. The van der Waals surface area contributed by atoms with E-state index in [1.165, 1.54) is 0 Å². The quantitative estimate of drug-likeness (QED) is 0.883. The van der Waals surface area contributed by atoms with Crippen LogP contribution in [0.25, 0.3) is 0 Å². The number of aromatic nitrogens is 1. The third-order valence-corrected chi connectivity index (χ3v) is 3.42. The second kappa shape index (κ2) is 6.63. The molecule has 0 saturated heterocycles. The fourth-order valence-electron chi connectivity index (χ4n) is 2.24. The Bertz CT molecular complexity index is 595. The molecule has 0 fully saturated rings. The molecule has 2 aromatic rings. The average Bonchev–Trinajstić information content (AvgIpc) is 2.93. The van der Waals surface area contributed by atoms with Crippen molar-refractivity contribution in [2.45, 2.75) is 32.9 Å². The normalized spacial score (nSPS) is 13.8. The molecule has 0 aliphatic heterocycles. The van der Waals surface area contributed by atoms with Crippen LogP contribution in [-0.4, -0.2) is 19.2 Å². The molecule has 0 saturated carbocycles. The fourth-order valence-corrected chi connectivity index (χ4v) is 2.24. The number of rotatable bonds is 6. The Morgan fingerprint density at radius 2 is 1.81 bits per heavy atom. The number of methoxy groups -OCH3 is 2. The molecular weight excluding hydrogens is 268 g/mol. The highest BCUT2D eigenvalue weighted by Gasteiger charge is 2.16. The van der Waals surface area contributed by atoms with Crippen LogP contribution in [0.4, 0.5) is 0 Å². The van der Waals surface area contributed by atoms with Crippen LogP contribution in [0.5, 0.6) is 11.5 Å². The van der Waals surface area contributed by atoms with Gasteiger partial charge in [0.1, 0.15) is 5.76 Å². The first-order valence-electron chi connectivity index (χ1n) is 6.95. The van der Waals surface area contributed by atoms with Crippen molar-refractivity contribution < 1.29 is 13.9 Å². The number of benzene rings is 1. The van der Waals surface area contributed by atoms with Crippen LogP contribution in [0.15, 0.2) is 28.8 Å². The summed E-state index contributed by atoms with van der Waals surface area (Å²) in [7, 11) is 3.27. The molecule has 5 heteroatoms. The number of hydrogen-bond acceptors (Lipinski definition) is 5. The lowest BCUT2D eigenvalue weighted by molar-refractivity contribution is 0.352. The van der Waals surface area contributed by atoms with E-state index in [0.29, 0.717) is 5.89 Å². The molecule has 1 N–H and O–H groups in total. The van der Waals surface area contributed by atoms with Crippen LogP contribution in [0.1, 0.15) is 43.1 Å². The summed E-state index contributed by atoms with van der Waals surface area (Å²) in [6.07, 6.45) is 1.73. The first kappa shape index (κ1) is 15.4. The average molecular weight is 290 g/mol. The Balaban J connectivity index is 2.11. The van der Waals surface area contributed by atoms with E-state index in [4.69, 9.17) is 13.9 Å². The number of ether oxygens (including phenoxy) is 2. The van der Waals surface area contributed by atoms with Gasteiger partial charge in [-0.15, -0.1) is 0 Å². The minimum Gasteiger partial charge on any atom is -0.493 e. The van der Waals surface area contributed by atoms with E-state index in [1.807, 2.05) is 32.0 Å². The van der Waals surface area contributed by atoms with Crippen LogP contribution in [0.3, 0.4) is 0 Å². The van der Waals surface area contributed by atoms with Crippen LogP contribution in [-0.2, 0) is 0 Å². The smallest absolute Gasteiger partial charge is 0.211 e. The number of hydrogen-bond donors (Lipinski definition) is 1. The van der Waals surface area contributed by atoms with Gasteiger partial charge in [-0.05, 0) is 38.5 Å². The maximum atomic E-state index is 5.55. The van der Waals surface area contributed by atoms with Crippen molar-refractivity contribution in [1.82, 2.24) is 10.3 Å². The van der Waals surface area contributed by atoms with E-state index in [1.54, 1.807) is 20.4 Å². The zero-order valence-corrected chi connectivity index (χ0v) is 13.1. The van der Waals surface area contributed by atoms with Gasteiger partial charge in [-0.25, -0.2) is 4.98 Å². The summed E-state index contributed by atoms with van der Waals surface area (Å²) >= 11 is 0. The predicted octanol–water partition coefficient (Wildman–Crippen LogP) is 3.41. The van der Waals surface area contributed by atoms with Gasteiger partial charge in [0.2, 0.25) is 5.89 Å². The van der Waals surface area contributed by atoms with Crippen molar-refractivity contribution in [3.8, 4) is 11.5 Å². The standard InChI is InChI=1S/C16H22N2O3/c1-10-9-17-16(21-10)12(3)18-11(2)13-6-7-14(19-4)15(8-13)20-5/h6-9,11-12,18H,1-5H3. The van der Waals surface area contributed by atoms with Crippen LogP contribution >= 0.6 is 0 Å². The lowest BCUT2D eigenvalue weighted by atomic mass is 10.1. The molecule has 2 atom stereocenters. The third-order valence-electron chi connectivity index (χ3n) is 3.42. The maximum absolute atomic E-state index is 5.55. The second-order valence-electron chi connectivity index (χ2n) is 5.03. The molecule has 0 aliphatic carbocycles. The van der Waals surface area contributed by atoms with Gasteiger partial charge < -0.3 is 13.9 Å². The number of nitrogens with zero attached hydrogens (tertiary/aromatic N) is 1. The first-order chi connectivity index (χ1) is 10.0. The van der Waals surface area contributed by atoms with Crippen molar-refractivity contribution in [1.29, 1.82) is 0 Å². The summed E-state index contributed by atoms with van der Waals surface area (Å²) in [4.78, 5) is 4.25. The monoisotopic (exact) mass is 290 g/mol. The molecule has 0 spiro atoms. The zero-order valence-electron chi connectivity index (χ0n) is 13.1. The molecular formula is C16H22N2O3. The Morgan fingerprint density at radius 1 is 1.10 bits per heavy atom. The van der Waals surface area contributed by atoms with Gasteiger partial charge in [-0.3, -0.25) is 5.32 Å². The van der Waals surface area contributed by atoms with E-state index >= 15 is 0 Å². The highest BCUT2D eigenvalue weighted by Crippen LogP contribution is 2.30. The summed E-state index contributed by atoms with van der Waals surface area (Å²) in [6.45, 7) is 6.01. The van der Waals surface area contributed by atoms with E-state index in [9.17, 15) is 0 Å². The molecule has 0 bridgehead atoms. The lowest BCUT2D eigenvalue weighted by Crippen LogP contribution is -2.22. The van der Waals surface area contributed by atoms with E-state index in [-0.39, 0.29) is 12.1 Å². The van der Waals surface area contributed by atoms with E-state index in [2.05, 4.69) is 17.2 Å². The van der Waals surface area contributed by atoms with Gasteiger partial charge in [0, 0.05) is 6.04 Å². The fraction of sp³-hybridized carbons (Fsp3) is 0.438. The molecule has 114 valence electrons. The van der Waals surface area contributed by atoms with E-state index in [0.717, 1.165) is 22.8 Å². The summed E-state index contributed by atoms with van der Waals surface area (Å²) in [5.74, 6) is 2.96. The van der Waals surface area contributed by atoms with Gasteiger partial charge in [0.15, 0.2) is 11.5 Å². The molecule has 1 heterocycles. The second-order valence-corrected chi connectivity index (χ2v) is 5.03. The van der Waals surface area contributed by atoms with Gasteiger partial charge in [0.05, 0.1) is 26.5 Å². The zero-order chi connectivity index (χ0) is 15.4. The highest BCUT2D eigenvalue weighted by atomic mass is 16.5. The Morgan fingerprint density at radius 3 is 2.38 bits per heavy atom. The predicted molar refractivity (Wildman–Crippen MR) is 80.8 cm³/mol. The Kier molecular flexibility index (Phi) is 4.85. The lowest BCUT2D eigenvalue weighted by Gasteiger charge is -2.19. The van der Waals surface area contributed by atoms with Crippen LogP contribution in [0.2, 0.25) is 0 Å². The van der Waals surface area contributed by atoms with Crippen molar-refractivity contribution >= 4 is 0 Å². The Labute approximate surface area is 125 Å². The Hall–Kier alpha value is -2.01. The molecule has 2 unspecified atom stereocenters. The van der Waals surface area contributed by atoms with Gasteiger partial charge >= 0.3 is 0 Å². The third kappa shape index (κ3) is 3.55. The minimum absolute atomic E-state index is 0.0294. The van der Waals surface area contributed by atoms with Gasteiger partial charge in [-0.2, -0.15) is 0 Å². The van der Waals surface area contributed by atoms with Crippen molar-refractivity contribution in [2.75, 3.05) is 14.2 Å². The van der Waals surface area contributed by atoms with Gasteiger partial charge in [-0.1, -0.05) is 6.07 Å². The SMILES string of the molecule is COc1ccc(C(C)NC(C)c2ncc(C)o2)cc1OC. The largest absolute Gasteiger partial charge is 0.493 e. The minimum atomic E-state index is 0.0294.